The van der Waals surface area contributed by atoms with Crippen LogP contribution in [0.25, 0.3) is 0 Å². The Morgan fingerprint density at radius 2 is 1.69 bits per heavy atom. The number of benzene rings is 2. The molecule has 0 bridgehead atoms. The van der Waals surface area contributed by atoms with Crippen molar-refractivity contribution in [2.24, 2.45) is 0 Å². The number of aryl methyl sites for hydroxylation is 2. The van der Waals surface area contributed by atoms with Gasteiger partial charge in [-0.1, -0.05) is 12.1 Å². The van der Waals surface area contributed by atoms with Crippen molar-refractivity contribution in [2.75, 3.05) is 28.6 Å². The van der Waals surface area contributed by atoms with Gasteiger partial charge in [0.05, 0.1) is 0 Å². The highest BCUT2D eigenvalue weighted by Crippen LogP contribution is 2.23. The van der Waals surface area contributed by atoms with Crippen molar-refractivity contribution >= 4 is 28.9 Å². The number of aromatic nitrogens is 2. The molecule has 1 fully saturated rings. The molecule has 29 heavy (non-hydrogen) atoms. The van der Waals surface area contributed by atoms with E-state index >= 15 is 0 Å². The number of rotatable bonds is 5. The van der Waals surface area contributed by atoms with E-state index in [4.69, 9.17) is 0 Å². The Morgan fingerprint density at radius 1 is 0.931 bits per heavy atom. The minimum atomic E-state index is -0.256. The monoisotopic (exact) mass is 387 g/mol. The van der Waals surface area contributed by atoms with Crippen LogP contribution < -0.4 is 15.5 Å². The lowest BCUT2D eigenvalue weighted by molar-refractivity contribution is 0.102. The molecule has 2 aromatic carbocycles. The van der Waals surface area contributed by atoms with Crippen molar-refractivity contribution in [3.63, 3.8) is 0 Å². The zero-order valence-corrected chi connectivity index (χ0v) is 16.8. The molecule has 148 valence electrons. The van der Waals surface area contributed by atoms with Crippen LogP contribution in [0.15, 0.2) is 54.6 Å². The lowest BCUT2D eigenvalue weighted by Crippen LogP contribution is -2.17. The SMILES string of the molecule is Cc1cccc(NC(=O)c2cc(C)nc(Nc3ccc(N4CCCC4)cc3)n2)c1. The van der Waals surface area contributed by atoms with Crippen LogP contribution in [0.3, 0.4) is 0 Å². The summed E-state index contributed by atoms with van der Waals surface area (Å²) in [5, 5.41) is 6.10. The average Bonchev–Trinajstić information content (AvgIpc) is 3.23. The zero-order chi connectivity index (χ0) is 20.2. The number of hydrogen-bond donors (Lipinski definition) is 2. The van der Waals surface area contributed by atoms with Gasteiger partial charge in [-0.15, -0.1) is 0 Å². The van der Waals surface area contributed by atoms with Crippen molar-refractivity contribution in [2.45, 2.75) is 26.7 Å². The molecule has 6 heteroatoms. The number of nitrogens with zero attached hydrogens (tertiary/aromatic N) is 3. The fraction of sp³-hybridized carbons (Fsp3) is 0.261. The highest BCUT2D eigenvalue weighted by Gasteiger charge is 2.13. The third-order valence-corrected chi connectivity index (χ3v) is 4.96. The lowest BCUT2D eigenvalue weighted by Gasteiger charge is -2.17. The van der Waals surface area contributed by atoms with Gasteiger partial charge in [-0.05, 0) is 74.7 Å². The van der Waals surface area contributed by atoms with Crippen molar-refractivity contribution in [1.82, 2.24) is 9.97 Å². The molecule has 1 aromatic heterocycles. The van der Waals surface area contributed by atoms with E-state index in [1.807, 2.05) is 50.2 Å². The van der Waals surface area contributed by atoms with E-state index in [9.17, 15) is 4.79 Å². The molecule has 0 saturated carbocycles. The molecule has 0 atom stereocenters. The topological polar surface area (TPSA) is 70.2 Å². The Labute approximate surface area is 171 Å². The van der Waals surface area contributed by atoms with E-state index < -0.39 is 0 Å². The summed E-state index contributed by atoms with van der Waals surface area (Å²) >= 11 is 0. The third-order valence-electron chi connectivity index (χ3n) is 4.96. The first kappa shape index (κ1) is 18.9. The second kappa shape index (κ2) is 8.31. The summed E-state index contributed by atoms with van der Waals surface area (Å²) in [4.78, 5) is 23.9. The summed E-state index contributed by atoms with van der Waals surface area (Å²) in [5.41, 5.74) is 5.01. The molecule has 0 radical (unpaired) electrons. The van der Waals surface area contributed by atoms with Crippen LogP contribution in [0.4, 0.5) is 23.0 Å². The largest absolute Gasteiger partial charge is 0.372 e. The number of nitrogens with one attached hydrogen (secondary N) is 2. The first-order chi connectivity index (χ1) is 14.1. The molecule has 1 amide bonds. The lowest BCUT2D eigenvalue weighted by atomic mass is 10.2. The van der Waals surface area contributed by atoms with Gasteiger partial charge in [-0.3, -0.25) is 4.79 Å². The van der Waals surface area contributed by atoms with E-state index in [0.29, 0.717) is 11.6 Å². The van der Waals surface area contributed by atoms with Crippen LogP contribution in [0.5, 0.6) is 0 Å². The predicted octanol–water partition coefficient (Wildman–Crippen LogP) is 4.69. The van der Waals surface area contributed by atoms with Crippen molar-refractivity contribution in [3.05, 3.63) is 71.5 Å². The van der Waals surface area contributed by atoms with Crippen molar-refractivity contribution in [3.8, 4) is 0 Å². The number of carbonyl (C=O) groups excluding carboxylic acids is 1. The standard InChI is InChI=1S/C23H25N5O/c1-16-6-5-7-19(14-16)25-22(29)21-15-17(2)24-23(27-21)26-18-8-10-20(11-9-18)28-12-3-4-13-28/h5-11,14-15H,3-4,12-13H2,1-2H3,(H,25,29)(H,24,26,27). The summed E-state index contributed by atoms with van der Waals surface area (Å²) in [6.07, 6.45) is 2.51. The van der Waals surface area contributed by atoms with E-state index in [-0.39, 0.29) is 5.91 Å². The Kier molecular flexibility index (Phi) is 5.42. The van der Waals surface area contributed by atoms with Gasteiger partial charge in [0.1, 0.15) is 5.69 Å². The molecular formula is C23H25N5O. The van der Waals surface area contributed by atoms with Crippen LogP contribution in [0.1, 0.15) is 34.6 Å². The van der Waals surface area contributed by atoms with Gasteiger partial charge >= 0.3 is 0 Å². The van der Waals surface area contributed by atoms with Gasteiger partial charge in [0.15, 0.2) is 0 Å². The van der Waals surface area contributed by atoms with Gasteiger partial charge in [0.25, 0.3) is 5.91 Å². The van der Waals surface area contributed by atoms with Gasteiger partial charge < -0.3 is 15.5 Å². The van der Waals surface area contributed by atoms with Crippen molar-refractivity contribution < 1.29 is 4.79 Å². The third kappa shape index (κ3) is 4.71. The van der Waals surface area contributed by atoms with Crippen molar-refractivity contribution in [1.29, 1.82) is 0 Å². The highest BCUT2D eigenvalue weighted by atomic mass is 16.1. The number of anilines is 4. The zero-order valence-electron chi connectivity index (χ0n) is 16.8. The number of amides is 1. The summed E-state index contributed by atoms with van der Waals surface area (Å²) in [6.45, 7) is 6.08. The first-order valence-electron chi connectivity index (χ1n) is 9.92. The van der Waals surface area contributed by atoms with Crippen LogP contribution in [0.2, 0.25) is 0 Å². The summed E-state index contributed by atoms with van der Waals surface area (Å²) in [5.74, 6) is 0.154. The molecule has 0 unspecified atom stereocenters. The Balaban J connectivity index is 1.48. The van der Waals surface area contributed by atoms with Crippen LogP contribution in [0, 0.1) is 13.8 Å². The number of hydrogen-bond acceptors (Lipinski definition) is 5. The van der Waals surface area contributed by atoms with Gasteiger partial charge in [-0.25, -0.2) is 9.97 Å². The molecule has 4 rings (SSSR count). The molecule has 0 aliphatic carbocycles. The van der Waals surface area contributed by atoms with Gasteiger partial charge in [0.2, 0.25) is 5.95 Å². The maximum Gasteiger partial charge on any atom is 0.274 e. The van der Waals surface area contributed by atoms with Gasteiger partial charge in [0, 0.05) is 35.8 Å². The summed E-state index contributed by atoms with van der Waals surface area (Å²) < 4.78 is 0. The second-order valence-electron chi connectivity index (χ2n) is 7.41. The maximum absolute atomic E-state index is 12.6. The minimum absolute atomic E-state index is 0.256. The average molecular weight is 387 g/mol. The van der Waals surface area contributed by atoms with E-state index in [2.05, 4.69) is 37.6 Å². The molecule has 2 heterocycles. The van der Waals surface area contributed by atoms with E-state index in [1.54, 1.807) is 6.07 Å². The normalized spacial score (nSPS) is 13.4. The predicted molar refractivity (Wildman–Crippen MR) is 117 cm³/mol. The maximum atomic E-state index is 12.6. The smallest absolute Gasteiger partial charge is 0.274 e. The first-order valence-corrected chi connectivity index (χ1v) is 9.92. The fourth-order valence-electron chi connectivity index (χ4n) is 3.52. The molecule has 3 aromatic rings. The summed E-state index contributed by atoms with van der Waals surface area (Å²) in [6, 6.07) is 17.6. The Bertz CT molecular complexity index is 1010. The molecule has 6 nitrogen and oxygen atoms in total. The molecule has 1 saturated heterocycles. The van der Waals surface area contributed by atoms with Crippen LogP contribution in [-0.2, 0) is 0 Å². The Morgan fingerprint density at radius 3 is 2.41 bits per heavy atom. The van der Waals surface area contributed by atoms with Gasteiger partial charge in [-0.2, -0.15) is 0 Å². The van der Waals surface area contributed by atoms with Crippen LogP contribution in [-0.4, -0.2) is 29.0 Å². The molecule has 0 spiro atoms. The van der Waals surface area contributed by atoms with Crippen LogP contribution >= 0.6 is 0 Å². The highest BCUT2D eigenvalue weighted by molar-refractivity contribution is 6.03. The second-order valence-corrected chi connectivity index (χ2v) is 7.41. The molecule has 1 aliphatic heterocycles. The molecule has 1 aliphatic rings. The quantitative estimate of drug-likeness (QED) is 0.665. The Hall–Kier alpha value is -3.41. The van der Waals surface area contributed by atoms with E-state index in [0.717, 1.165) is 35.7 Å². The van der Waals surface area contributed by atoms with E-state index in [1.165, 1.54) is 18.5 Å². The number of carbonyl (C=O) groups is 1. The molecule has 2 N–H and O–H groups in total. The molecular weight excluding hydrogens is 362 g/mol. The fourth-order valence-corrected chi connectivity index (χ4v) is 3.52. The minimum Gasteiger partial charge on any atom is -0.372 e. The summed E-state index contributed by atoms with van der Waals surface area (Å²) in [7, 11) is 0.